The molecule has 8 N–H and O–H groups in total. The van der Waals surface area contributed by atoms with Crippen molar-refractivity contribution in [3.63, 3.8) is 0 Å². The molecule has 0 amide bonds. The van der Waals surface area contributed by atoms with Crippen LogP contribution in [-0.2, 0) is 6.42 Å². The molecule has 0 saturated carbocycles. The number of benzene rings is 4. The molecule has 0 heterocycles. The average molecular weight is 378 g/mol. The van der Waals surface area contributed by atoms with Gasteiger partial charge >= 0.3 is 0 Å². The lowest BCUT2D eigenvalue weighted by Gasteiger charge is -2.18. The summed E-state index contributed by atoms with van der Waals surface area (Å²) in [5, 5.41) is 0. The Morgan fingerprint density at radius 2 is 1.10 bits per heavy atom. The van der Waals surface area contributed by atoms with Crippen LogP contribution in [-0.4, -0.2) is 0 Å². The van der Waals surface area contributed by atoms with E-state index in [-0.39, 0.29) is 0 Å². The van der Waals surface area contributed by atoms with E-state index in [4.69, 9.17) is 22.9 Å². The monoisotopic (exact) mass is 378 g/mol. The summed E-state index contributed by atoms with van der Waals surface area (Å²) in [6, 6.07) is 24.0. The Morgan fingerprint density at radius 1 is 0.517 bits per heavy atom. The molecule has 4 heteroatoms. The minimum absolute atomic E-state index is 0.727. The van der Waals surface area contributed by atoms with Gasteiger partial charge in [0.1, 0.15) is 0 Å². The topological polar surface area (TPSA) is 104 Å². The van der Waals surface area contributed by atoms with E-state index in [1.54, 1.807) is 0 Å². The van der Waals surface area contributed by atoms with Crippen LogP contribution in [0, 0.1) is 0 Å². The SMILES string of the molecule is Nc1ccc(-c2cc3c(c(-c4ccc(N)cc4)c2N)Cc2ccc(N)cc2-3)cc1. The molecule has 0 bridgehead atoms. The van der Waals surface area contributed by atoms with Crippen molar-refractivity contribution in [2.45, 2.75) is 6.42 Å². The Balaban J connectivity index is 1.82. The fourth-order valence-electron chi connectivity index (χ4n) is 4.24. The predicted molar refractivity (Wildman–Crippen MR) is 123 cm³/mol. The van der Waals surface area contributed by atoms with Gasteiger partial charge in [0.15, 0.2) is 0 Å². The first-order valence-corrected chi connectivity index (χ1v) is 9.57. The second-order valence-electron chi connectivity index (χ2n) is 7.58. The average Bonchev–Trinajstić information content (AvgIpc) is 3.06. The summed E-state index contributed by atoms with van der Waals surface area (Å²) in [7, 11) is 0. The number of nitrogens with two attached hydrogens (primary N) is 4. The molecule has 4 aromatic rings. The maximum Gasteiger partial charge on any atom is 0.0476 e. The molecule has 0 saturated heterocycles. The van der Waals surface area contributed by atoms with Gasteiger partial charge in [-0.3, -0.25) is 0 Å². The van der Waals surface area contributed by atoms with E-state index in [1.165, 1.54) is 22.3 Å². The van der Waals surface area contributed by atoms with E-state index in [1.807, 2.05) is 54.6 Å². The van der Waals surface area contributed by atoms with Crippen LogP contribution in [0.3, 0.4) is 0 Å². The van der Waals surface area contributed by atoms with E-state index in [9.17, 15) is 0 Å². The van der Waals surface area contributed by atoms with E-state index in [2.05, 4.69) is 18.2 Å². The molecule has 0 radical (unpaired) electrons. The Kier molecular flexibility index (Phi) is 3.74. The molecule has 1 aliphatic carbocycles. The second kappa shape index (κ2) is 6.31. The molecule has 29 heavy (non-hydrogen) atoms. The summed E-state index contributed by atoms with van der Waals surface area (Å²) in [4.78, 5) is 0. The van der Waals surface area contributed by atoms with E-state index in [0.717, 1.165) is 51.4 Å². The molecule has 5 rings (SSSR count). The highest BCUT2D eigenvalue weighted by Crippen LogP contribution is 2.48. The molecular formula is C25H22N4. The Morgan fingerprint density at radius 3 is 1.76 bits per heavy atom. The number of nitrogen functional groups attached to an aromatic ring is 4. The van der Waals surface area contributed by atoms with E-state index in [0.29, 0.717) is 0 Å². The molecule has 142 valence electrons. The van der Waals surface area contributed by atoms with Crippen molar-refractivity contribution in [1.29, 1.82) is 0 Å². The molecule has 0 aromatic heterocycles. The van der Waals surface area contributed by atoms with Crippen LogP contribution in [0.1, 0.15) is 11.1 Å². The summed E-state index contributed by atoms with van der Waals surface area (Å²) in [5.41, 5.74) is 36.7. The maximum absolute atomic E-state index is 6.77. The highest BCUT2D eigenvalue weighted by atomic mass is 14.6. The van der Waals surface area contributed by atoms with Crippen LogP contribution in [0.4, 0.5) is 22.7 Å². The van der Waals surface area contributed by atoms with Crippen molar-refractivity contribution < 1.29 is 0 Å². The quantitative estimate of drug-likeness (QED) is 0.327. The standard InChI is InChI=1S/C25H22N4/c26-17-6-1-14(2-7-17)21-13-22-20-12-19(28)10-5-16(20)11-23(22)24(25(21)29)15-3-8-18(27)9-4-15/h1-10,12-13H,11,26-29H2. The van der Waals surface area contributed by atoms with Crippen LogP contribution in [0.5, 0.6) is 0 Å². The molecule has 0 aliphatic heterocycles. The van der Waals surface area contributed by atoms with Crippen molar-refractivity contribution >= 4 is 22.7 Å². The Bertz CT molecular complexity index is 1240. The zero-order valence-corrected chi connectivity index (χ0v) is 15.9. The minimum Gasteiger partial charge on any atom is -0.399 e. The largest absolute Gasteiger partial charge is 0.399 e. The summed E-state index contributed by atoms with van der Waals surface area (Å²) < 4.78 is 0. The van der Waals surface area contributed by atoms with Crippen LogP contribution in [0.2, 0.25) is 0 Å². The molecule has 0 atom stereocenters. The fourth-order valence-corrected chi connectivity index (χ4v) is 4.24. The third-order valence-electron chi connectivity index (χ3n) is 5.69. The zero-order chi connectivity index (χ0) is 20.1. The first-order chi connectivity index (χ1) is 14.0. The molecular weight excluding hydrogens is 356 g/mol. The van der Waals surface area contributed by atoms with Gasteiger partial charge in [0, 0.05) is 33.9 Å². The van der Waals surface area contributed by atoms with Crippen molar-refractivity contribution in [2.75, 3.05) is 22.9 Å². The molecule has 0 unspecified atom stereocenters. The predicted octanol–water partition coefficient (Wildman–Crippen LogP) is 4.92. The third kappa shape index (κ3) is 2.77. The lowest BCUT2D eigenvalue weighted by Crippen LogP contribution is -2.00. The molecule has 0 spiro atoms. The van der Waals surface area contributed by atoms with Crippen molar-refractivity contribution in [3.8, 4) is 33.4 Å². The van der Waals surface area contributed by atoms with Crippen molar-refractivity contribution in [3.05, 3.63) is 83.9 Å². The first-order valence-electron chi connectivity index (χ1n) is 9.57. The van der Waals surface area contributed by atoms with Crippen LogP contribution in [0.15, 0.2) is 72.8 Å². The minimum atomic E-state index is 0.727. The highest BCUT2D eigenvalue weighted by molar-refractivity contribution is 5.99. The number of anilines is 4. The van der Waals surface area contributed by atoms with Gasteiger partial charge < -0.3 is 22.9 Å². The highest BCUT2D eigenvalue weighted by Gasteiger charge is 2.26. The van der Waals surface area contributed by atoms with E-state index < -0.39 is 0 Å². The van der Waals surface area contributed by atoms with Crippen LogP contribution < -0.4 is 22.9 Å². The van der Waals surface area contributed by atoms with Gasteiger partial charge in [0.05, 0.1) is 0 Å². The third-order valence-corrected chi connectivity index (χ3v) is 5.69. The molecule has 4 nitrogen and oxygen atoms in total. The lowest BCUT2D eigenvalue weighted by molar-refractivity contribution is 1.26. The van der Waals surface area contributed by atoms with Crippen molar-refractivity contribution in [2.24, 2.45) is 0 Å². The smallest absolute Gasteiger partial charge is 0.0476 e. The number of hydrogen-bond donors (Lipinski definition) is 4. The number of rotatable bonds is 2. The van der Waals surface area contributed by atoms with Gasteiger partial charge in [-0.25, -0.2) is 0 Å². The zero-order valence-electron chi connectivity index (χ0n) is 15.9. The summed E-state index contributed by atoms with van der Waals surface area (Å²) in [5.74, 6) is 0. The summed E-state index contributed by atoms with van der Waals surface area (Å²) in [6.45, 7) is 0. The van der Waals surface area contributed by atoms with Crippen molar-refractivity contribution in [1.82, 2.24) is 0 Å². The van der Waals surface area contributed by atoms with Gasteiger partial charge in [-0.15, -0.1) is 0 Å². The second-order valence-corrected chi connectivity index (χ2v) is 7.58. The summed E-state index contributed by atoms with van der Waals surface area (Å²) >= 11 is 0. The van der Waals surface area contributed by atoms with Gasteiger partial charge in [-0.2, -0.15) is 0 Å². The number of fused-ring (bicyclic) bond motifs is 3. The Hall–Kier alpha value is -3.92. The molecule has 4 aromatic carbocycles. The Labute approximate surface area is 169 Å². The molecule has 0 fully saturated rings. The van der Waals surface area contributed by atoms with Gasteiger partial charge in [-0.05, 0) is 82.3 Å². The molecule has 1 aliphatic rings. The van der Waals surface area contributed by atoms with Gasteiger partial charge in [-0.1, -0.05) is 30.3 Å². The van der Waals surface area contributed by atoms with Crippen LogP contribution >= 0.6 is 0 Å². The lowest BCUT2D eigenvalue weighted by atomic mass is 9.88. The fraction of sp³-hybridized carbons (Fsp3) is 0.0400. The number of hydrogen-bond acceptors (Lipinski definition) is 4. The van der Waals surface area contributed by atoms with Gasteiger partial charge in [0.2, 0.25) is 0 Å². The normalized spacial score (nSPS) is 11.9. The van der Waals surface area contributed by atoms with Gasteiger partial charge in [0.25, 0.3) is 0 Å². The summed E-state index contributed by atoms with van der Waals surface area (Å²) in [6.07, 6.45) is 0.830. The van der Waals surface area contributed by atoms with E-state index >= 15 is 0 Å². The maximum atomic E-state index is 6.77. The van der Waals surface area contributed by atoms with Crippen LogP contribution in [0.25, 0.3) is 33.4 Å². The first kappa shape index (κ1) is 17.2.